The largest absolute Gasteiger partial charge is 0.383 e. The predicted octanol–water partition coefficient (Wildman–Crippen LogP) is 0.699. The van der Waals surface area contributed by atoms with Gasteiger partial charge >= 0.3 is 0 Å². The second kappa shape index (κ2) is 16.2. The van der Waals surface area contributed by atoms with Crippen molar-refractivity contribution in [1.82, 2.24) is 19.9 Å². The Kier molecular flexibility index (Phi) is 13.0. The summed E-state index contributed by atoms with van der Waals surface area (Å²) in [5.74, 6) is 2.39. The van der Waals surface area contributed by atoms with E-state index < -0.39 is 9.84 Å². The van der Waals surface area contributed by atoms with Crippen LogP contribution >= 0.6 is 0 Å². The maximum atomic E-state index is 12.3. The molecule has 232 valence electrons. The predicted molar refractivity (Wildman–Crippen MR) is 161 cm³/mol. The van der Waals surface area contributed by atoms with Gasteiger partial charge in [-0.25, -0.2) is 18.4 Å². The average molecular weight is 599 g/mol. The molecule has 3 rings (SSSR count). The Morgan fingerprint density at radius 1 is 0.707 bits per heavy atom. The molecule has 41 heavy (non-hydrogen) atoms. The number of methoxy groups -OCH3 is 4. The van der Waals surface area contributed by atoms with Gasteiger partial charge in [-0.05, 0) is 6.42 Å². The molecule has 0 aliphatic carbocycles. The number of aromatic nitrogens is 4. The van der Waals surface area contributed by atoms with E-state index in [1.165, 1.54) is 0 Å². The maximum absolute atomic E-state index is 12.3. The quantitative estimate of drug-likeness (QED) is 0.238. The zero-order chi connectivity index (χ0) is 29.8. The Labute approximate surface area is 243 Å². The Bertz CT molecular complexity index is 1170. The highest BCUT2D eigenvalue weighted by atomic mass is 32.2. The van der Waals surface area contributed by atoms with Crippen molar-refractivity contribution in [2.75, 3.05) is 139 Å². The van der Waals surface area contributed by atoms with Crippen molar-refractivity contribution in [1.29, 1.82) is 0 Å². The lowest BCUT2D eigenvalue weighted by Gasteiger charge is -2.31. The molecule has 0 unspecified atom stereocenters. The van der Waals surface area contributed by atoms with Crippen LogP contribution in [0, 0.1) is 0 Å². The third kappa shape index (κ3) is 8.95. The zero-order valence-electron chi connectivity index (χ0n) is 25.3. The first-order valence-corrected chi connectivity index (χ1v) is 15.8. The first kappa shape index (κ1) is 32.9. The van der Waals surface area contributed by atoms with Gasteiger partial charge in [0.2, 0.25) is 11.9 Å². The van der Waals surface area contributed by atoms with E-state index >= 15 is 0 Å². The maximum Gasteiger partial charge on any atom is 0.228 e. The number of fused-ring (bicyclic) bond motifs is 1. The molecule has 15 heteroatoms. The number of rotatable bonds is 18. The lowest BCUT2D eigenvalue weighted by Crippen LogP contribution is -2.41. The molecule has 2 aromatic heterocycles. The summed E-state index contributed by atoms with van der Waals surface area (Å²) in [5, 5.41) is 0. The minimum Gasteiger partial charge on any atom is -0.383 e. The highest BCUT2D eigenvalue weighted by Crippen LogP contribution is 2.33. The van der Waals surface area contributed by atoms with Crippen LogP contribution in [-0.4, -0.2) is 148 Å². The van der Waals surface area contributed by atoms with Crippen molar-refractivity contribution in [3.8, 4) is 0 Å². The third-order valence-electron chi connectivity index (χ3n) is 6.87. The van der Waals surface area contributed by atoms with Crippen LogP contribution in [0.4, 0.5) is 23.5 Å². The fourth-order valence-corrected chi connectivity index (χ4v) is 5.73. The molecule has 1 aliphatic heterocycles. The first-order valence-electron chi connectivity index (χ1n) is 14.0. The van der Waals surface area contributed by atoms with Crippen molar-refractivity contribution in [2.45, 2.75) is 13.3 Å². The summed E-state index contributed by atoms with van der Waals surface area (Å²) < 4.78 is 46.0. The number of ether oxygens (including phenoxy) is 4. The molecule has 2 aromatic rings. The summed E-state index contributed by atoms with van der Waals surface area (Å²) in [6, 6.07) is 0. The molecule has 1 fully saturated rings. The first-order chi connectivity index (χ1) is 19.8. The van der Waals surface area contributed by atoms with Crippen LogP contribution in [0.15, 0.2) is 0 Å². The molecule has 0 atom stereocenters. The summed E-state index contributed by atoms with van der Waals surface area (Å²) in [6.45, 7) is 7.71. The van der Waals surface area contributed by atoms with Crippen molar-refractivity contribution < 1.29 is 27.4 Å². The Morgan fingerprint density at radius 3 is 1.63 bits per heavy atom. The Morgan fingerprint density at radius 2 is 1.17 bits per heavy atom. The molecule has 0 saturated carbocycles. The van der Waals surface area contributed by atoms with Crippen molar-refractivity contribution in [3.63, 3.8) is 0 Å². The molecule has 0 bridgehead atoms. The molecule has 0 amide bonds. The van der Waals surface area contributed by atoms with Gasteiger partial charge in [-0.15, -0.1) is 0 Å². The molecule has 0 aromatic carbocycles. The smallest absolute Gasteiger partial charge is 0.228 e. The van der Waals surface area contributed by atoms with Crippen molar-refractivity contribution in [2.24, 2.45) is 0 Å². The number of nitrogens with zero attached hydrogens (tertiary/aromatic N) is 8. The molecule has 14 nitrogen and oxygen atoms in total. The normalized spacial score (nSPS) is 14.9. The molecule has 3 heterocycles. The van der Waals surface area contributed by atoms with Crippen LogP contribution in [0.25, 0.3) is 11.0 Å². The number of hydrogen-bond donors (Lipinski definition) is 0. The van der Waals surface area contributed by atoms with E-state index in [-0.39, 0.29) is 11.5 Å². The molecule has 1 aliphatic rings. The van der Waals surface area contributed by atoms with Gasteiger partial charge in [0.25, 0.3) is 0 Å². The van der Waals surface area contributed by atoms with E-state index in [9.17, 15) is 8.42 Å². The van der Waals surface area contributed by atoms with Crippen LogP contribution in [0.2, 0.25) is 0 Å². The molecular formula is C26H46N8O6S. The SMILES string of the molecule is CCCN(C)c1nc(N(CCOC)CCOC)nc2c(N3CCS(=O)(=O)CC3)nc(N(CCOC)CCOC)nc12. The van der Waals surface area contributed by atoms with Gasteiger partial charge in [-0.3, -0.25) is 0 Å². The fraction of sp³-hybridized carbons (Fsp3) is 0.769. The van der Waals surface area contributed by atoms with E-state index in [4.69, 9.17) is 38.9 Å². The van der Waals surface area contributed by atoms with Gasteiger partial charge in [0.05, 0.1) is 37.9 Å². The molecular weight excluding hydrogens is 552 g/mol. The van der Waals surface area contributed by atoms with Crippen LogP contribution < -0.4 is 19.6 Å². The highest BCUT2D eigenvalue weighted by Gasteiger charge is 2.28. The topological polar surface area (TPSA) is 136 Å². The number of sulfone groups is 1. The van der Waals surface area contributed by atoms with Gasteiger partial charge in [-0.2, -0.15) is 9.97 Å². The fourth-order valence-electron chi connectivity index (χ4n) is 4.53. The van der Waals surface area contributed by atoms with Gasteiger partial charge in [-0.1, -0.05) is 6.92 Å². The number of hydrogen-bond acceptors (Lipinski definition) is 14. The van der Waals surface area contributed by atoms with E-state index in [1.54, 1.807) is 28.4 Å². The van der Waals surface area contributed by atoms with Crippen LogP contribution in [-0.2, 0) is 28.8 Å². The lowest BCUT2D eigenvalue weighted by molar-refractivity contribution is 0.189. The van der Waals surface area contributed by atoms with Crippen LogP contribution in [0.3, 0.4) is 0 Å². The second-order valence-corrected chi connectivity index (χ2v) is 12.2. The molecule has 1 saturated heterocycles. The van der Waals surface area contributed by atoms with Crippen molar-refractivity contribution in [3.05, 3.63) is 0 Å². The molecule has 0 spiro atoms. The van der Waals surface area contributed by atoms with Gasteiger partial charge in [0.1, 0.15) is 11.0 Å². The highest BCUT2D eigenvalue weighted by molar-refractivity contribution is 7.91. The standard InChI is InChI=1S/C26H46N8O6S/c1-7-8-31(2)23-21-22(28-25(29-23)33(9-15-37-3)10-16-38-4)24(32-13-19-41(35,36)20-14-32)30-26(27-21)34(11-17-39-5)12-18-40-6/h7-20H2,1-6H3. The summed E-state index contributed by atoms with van der Waals surface area (Å²) in [4.78, 5) is 28.2. The van der Waals surface area contributed by atoms with E-state index in [2.05, 4.69) is 11.8 Å². The van der Waals surface area contributed by atoms with Crippen LogP contribution in [0.1, 0.15) is 13.3 Å². The zero-order valence-corrected chi connectivity index (χ0v) is 26.2. The van der Waals surface area contributed by atoms with Gasteiger partial charge < -0.3 is 38.5 Å². The van der Waals surface area contributed by atoms with E-state index in [0.29, 0.717) is 100 Å². The average Bonchev–Trinajstić information content (AvgIpc) is 2.96. The Balaban J connectivity index is 2.28. The number of anilines is 4. The van der Waals surface area contributed by atoms with E-state index in [0.717, 1.165) is 13.0 Å². The summed E-state index contributed by atoms with van der Waals surface area (Å²) in [7, 11) is 5.52. The summed E-state index contributed by atoms with van der Waals surface area (Å²) >= 11 is 0. The lowest BCUT2D eigenvalue weighted by atomic mass is 10.3. The van der Waals surface area contributed by atoms with E-state index in [1.807, 2.05) is 21.7 Å². The minimum atomic E-state index is -3.10. The molecule has 0 radical (unpaired) electrons. The molecule has 0 N–H and O–H groups in total. The summed E-state index contributed by atoms with van der Waals surface area (Å²) in [6.07, 6.45) is 0.914. The van der Waals surface area contributed by atoms with Crippen molar-refractivity contribution >= 4 is 44.4 Å². The Hall–Kier alpha value is -2.59. The van der Waals surface area contributed by atoms with Gasteiger partial charge in [0, 0.05) is 81.3 Å². The van der Waals surface area contributed by atoms with Gasteiger partial charge in [0.15, 0.2) is 21.5 Å². The minimum absolute atomic E-state index is 0.0548. The second-order valence-electron chi connectivity index (χ2n) is 9.90. The summed E-state index contributed by atoms with van der Waals surface area (Å²) in [5.41, 5.74) is 1.19. The van der Waals surface area contributed by atoms with Crippen LogP contribution in [0.5, 0.6) is 0 Å². The third-order valence-corrected chi connectivity index (χ3v) is 8.48. The monoisotopic (exact) mass is 598 g/mol.